The van der Waals surface area contributed by atoms with E-state index in [4.69, 9.17) is 0 Å². The molecule has 2 aromatic heterocycles. The third kappa shape index (κ3) is 2.42. The quantitative estimate of drug-likeness (QED) is 0.785. The van der Waals surface area contributed by atoms with Crippen LogP contribution in [0.4, 0.5) is 0 Å². The highest BCUT2D eigenvalue weighted by molar-refractivity contribution is 9.10. The van der Waals surface area contributed by atoms with E-state index in [0.29, 0.717) is 0 Å². The standard InChI is InChI=1S/C14H13BrN4S/c1-16-13(14-11(15)7-8-20-14)12-9-17-18-19(12)10-5-3-2-4-6-10/h2-9,13,16H,1H3. The van der Waals surface area contributed by atoms with Crippen LogP contribution in [0.25, 0.3) is 5.69 Å². The largest absolute Gasteiger partial charge is 0.307 e. The molecule has 1 aromatic carbocycles. The fourth-order valence-electron chi connectivity index (χ4n) is 2.13. The van der Waals surface area contributed by atoms with E-state index < -0.39 is 0 Å². The van der Waals surface area contributed by atoms with Crippen LogP contribution in [0.5, 0.6) is 0 Å². The van der Waals surface area contributed by atoms with Gasteiger partial charge in [-0.25, -0.2) is 4.68 Å². The first-order valence-electron chi connectivity index (χ1n) is 6.17. The Morgan fingerprint density at radius 1 is 1.25 bits per heavy atom. The van der Waals surface area contributed by atoms with Gasteiger partial charge in [-0.05, 0) is 46.6 Å². The topological polar surface area (TPSA) is 42.7 Å². The van der Waals surface area contributed by atoms with E-state index in [-0.39, 0.29) is 6.04 Å². The molecule has 20 heavy (non-hydrogen) atoms. The summed E-state index contributed by atoms with van der Waals surface area (Å²) in [5.41, 5.74) is 2.02. The van der Waals surface area contributed by atoms with E-state index >= 15 is 0 Å². The number of para-hydroxylation sites is 1. The first-order chi connectivity index (χ1) is 9.81. The summed E-state index contributed by atoms with van der Waals surface area (Å²) in [6, 6.07) is 12.1. The maximum Gasteiger partial charge on any atom is 0.0871 e. The van der Waals surface area contributed by atoms with Crippen LogP contribution < -0.4 is 5.32 Å². The Kier molecular flexibility index (Phi) is 3.95. The number of benzene rings is 1. The zero-order chi connectivity index (χ0) is 13.9. The molecular formula is C14H13BrN4S. The average Bonchev–Trinajstić information content (AvgIpc) is 3.11. The number of aromatic nitrogens is 3. The van der Waals surface area contributed by atoms with Gasteiger partial charge in [-0.3, -0.25) is 0 Å². The minimum Gasteiger partial charge on any atom is -0.307 e. The molecule has 0 fully saturated rings. The van der Waals surface area contributed by atoms with Crippen molar-refractivity contribution in [3.63, 3.8) is 0 Å². The normalized spacial score (nSPS) is 12.5. The van der Waals surface area contributed by atoms with Crippen molar-refractivity contribution in [1.82, 2.24) is 20.3 Å². The van der Waals surface area contributed by atoms with Gasteiger partial charge in [-0.15, -0.1) is 16.4 Å². The lowest BCUT2D eigenvalue weighted by molar-refractivity contribution is 0.640. The Hall–Kier alpha value is -1.50. The molecule has 3 aromatic rings. The molecule has 0 aliphatic carbocycles. The molecule has 0 radical (unpaired) electrons. The van der Waals surface area contributed by atoms with Gasteiger partial charge in [0.05, 0.1) is 23.6 Å². The van der Waals surface area contributed by atoms with Crippen LogP contribution in [0.1, 0.15) is 16.6 Å². The highest BCUT2D eigenvalue weighted by atomic mass is 79.9. The zero-order valence-electron chi connectivity index (χ0n) is 10.8. The van der Waals surface area contributed by atoms with Gasteiger partial charge >= 0.3 is 0 Å². The summed E-state index contributed by atoms with van der Waals surface area (Å²) in [4.78, 5) is 1.21. The van der Waals surface area contributed by atoms with E-state index in [0.717, 1.165) is 15.9 Å². The molecule has 2 heterocycles. The third-order valence-electron chi connectivity index (χ3n) is 3.07. The second kappa shape index (κ2) is 5.87. The number of rotatable bonds is 4. The predicted octanol–water partition coefficient (Wildman–Crippen LogP) is 3.40. The molecule has 0 amide bonds. The summed E-state index contributed by atoms with van der Waals surface area (Å²) in [6.07, 6.45) is 1.81. The highest BCUT2D eigenvalue weighted by Gasteiger charge is 2.21. The second-order valence-electron chi connectivity index (χ2n) is 4.26. The lowest BCUT2D eigenvalue weighted by Crippen LogP contribution is -2.20. The maximum atomic E-state index is 4.21. The molecule has 0 spiro atoms. The summed E-state index contributed by atoms with van der Waals surface area (Å²) >= 11 is 5.30. The summed E-state index contributed by atoms with van der Waals surface area (Å²) < 4.78 is 2.97. The molecule has 4 nitrogen and oxygen atoms in total. The molecule has 0 aliphatic rings. The number of nitrogens with zero attached hydrogens (tertiary/aromatic N) is 3. The number of thiophene rings is 1. The zero-order valence-corrected chi connectivity index (χ0v) is 13.2. The SMILES string of the molecule is CNC(c1sccc1Br)c1cnnn1-c1ccccc1. The third-order valence-corrected chi connectivity index (χ3v) is 5.00. The molecule has 0 bridgehead atoms. The minimum atomic E-state index is 0.0552. The lowest BCUT2D eigenvalue weighted by Gasteiger charge is -2.16. The number of halogens is 1. The van der Waals surface area contributed by atoms with Gasteiger partial charge in [-0.1, -0.05) is 23.4 Å². The van der Waals surface area contributed by atoms with Crippen LogP contribution in [0.15, 0.2) is 52.4 Å². The van der Waals surface area contributed by atoms with Crippen molar-refractivity contribution < 1.29 is 0 Å². The van der Waals surface area contributed by atoms with Gasteiger partial charge in [0.1, 0.15) is 0 Å². The van der Waals surface area contributed by atoms with E-state index in [1.165, 1.54) is 4.88 Å². The van der Waals surface area contributed by atoms with Gasteiger partial charge in [-0.2, -0.15) is 0 Å². The fraction of sp³-hybridized carbons (Fsp3) is 0.143. The highest BCUT2D eigenvalue weighted by Crippen LogP contribution is 2.33. The first kappa shape index (κ1) is 13.5. The molecule has 1 N–H and O–H groups in total. The Morgan fingerprint density at radius 3 is 2.70 bits per heavy atom. The Balaban J connectivity index is 2.07. The Labute approximate surface area is 129 Å². The van der Waals surface area contributed by atoms with Gasteiger partial charge in [0.15, 0.2) is 0 Å². The van der Waals surface area contributed by atoms with Crippen LogP contribution in [0.3, 0.4) is 0 Å². The smallest absolute Gasteiger partial charge is 0.0871 e. The van der Waals surface area contributed by atoms with Crippen molar-refractivity contribution in [3.05, 3.63) is 63.0 Å². The predicted molar refractivity (Wildman–Crippen MR) is 84.3 cm³/mol. The van der Waals surface area contributed by atoms with Crippen molar-refractivity contribution in [3.8, 4) is 5.69 Å². The van der Waals surface area contributed by atoms with Crippen molar-refractivity contribution in [2.75, 3.05) is 7.05 Å². The molecule has 1 atom stereocenters. The monoisotopic (exact) mass is 348 g/mol. The molecule has 102 valence electrons. The van der Waals surface area contributed by atoms with Gasteiger partial charge < -0.3 is 5.32 Å². The Bertz CT molecular complexity index is 692. The van der Waals surface area contributed by atoms with Crippen molar-refractivity contribution in [1.29, 1.82) is 0 Å². The fourth-order valence-corrected chi connectivity index (χ4v) is 3.86. The van der Waals surface area contributed by atoms with Crippen molar-refractivity contribution in [2.24, 2.45) is 0 Å². The molecule has 0 aliphatic heterocycles. The molecular weight excluding hydrogens is 336 g/mol. The van der Waals surface area contributed by atoms with E-state index in [1.807, 2.05) is 42.1 Å². The van der Waals surface area contributed by atoms with Crippen molar-refractivity contribution >= 4 is 27.3 Å². The first-order valence-corrected chi connectivity index (χ1v) is 7.84. The molecule has 3 rings (SSSR count). The lowest BCUT2D eigenvalue weighted by atomic mass is 10.1. The van der Waals surface area contributed by atoms with Gasteiger partial charge in [0.2, 0.25) is 0 Å². The number of hydrogen-bond donors (Lipinski definition) is 1. The van der Waals surface area contributed by atoms with Crippen LogP contribution in [0, 0.1) is 0 Å². The number of hydrogen-bond acceptors (Lipinski definition) is 4. The van der Waals surface area contributed by atoms with Crippen LogP contribution in [-0.4, -0.2) is 22.0 Å². The van der Waals surface area contributed by atoms with E-state index in [9.17, 15) is 0 Å². The van der Waals surface area contributed by atoms with Gasteiger partial charge in [0, 0.05) is 9.35 Å². The number of nitrogens with one attached hydrogen (secondary N) is 1. The summed E-state index contributed by atoms with van der Waals surface area (Å²) in [6.45, 7) is 0. The van der Waals surface area contributed by atoms with Crippen LogP contribution in [0.2, 0.25) is 0 Å². The van der Waals surface area contributed by atoms with E-state index in [2.05, 4.69) is 43.0 Å². The Morgan fingerprint density at radius 2 is 2.05 bits per heavy atom. The van der Waals surface area contributed by atoms with Crippen LogP contribution >= 0.6 is 27.3 Å². The second-order valence-corrected chi connectivity index (χ2v) is 6.06. The average molecular weight is 349 g/mol. The maximum absolute atomic E-state index is 4.21. The molecule has 1 unspecified atom stereocenters. The summed E-state index contributed by atoms with van der Waals surface area (Å²) in [7, 11) is 1.94. The summed E-state index contributed by atoms with van der Waals surface area (Å²) in [5.74, 6) is 0. The van der Waals surface area contributed by atoms with E-state index in [1.54, 1.807) is 17.5 Å². The minimum absolute atomic E-state index is 0.0552. The van der Waals surface area contributed by atoms with Crippen LogP contribution in [-0.2, 0) is 0 Å². The summed E-state index contributed by atoms with van der Waals surface area (Å²) in [5, 5.41) is 13.7. The molecule has 6 heteroatoms. The van der Waals surface area contributed by atoms with Crippen molar-refractivity contribution in [2.45, 2.75) is 6.04 Å². The van der Waals surface area contributed by atoms with Gasteiger partial charge in [0.25, 0.3) is 0 Å². The molecule has 0 saturated heterocycles. The molecule has 0 saturated carbocycles.